The lowest BCUT2D eigenvalue weighted by molar-refractivity contribution is 0.0694. The Balaban J connectivity index is 2.38. The van der Waals surface area contributed by atoms with Gasteiger partial charge in [0.15, 0.2) is 0 Å². The molecular weight excluding hydrogens is 250 g/mol. The van der Waals surface area contributed by atoms with Gasteiger partial charge in [0.1, 0.15) is 11.3 Å². The zero-order chi connectivity index (χ0) is 11.5. The van der Waals surface area contributed by atoms with Crippen LogP contribution in [-0.2, 0) is 0 Å². The zero-order valence-corrected chi connectivity index (χ0v) is 9.46. The first-order chi connectivity index (χ1) is 7.66. The molecule has 2 rings (SSSR count). The van der Waals surface area contributed by atoms with Crippen molar-refractivity contribution in [3.8, 4) is 10.9 Å². The molecule has 0 saturated heterocycles. The van der Waals surface area contributed by atoms with Crippen LogP contribution in [0, 0.1) is 0 Å². The SMILES string of the molecule is O=C(O)c1ccc(Cl)cc1Oc1nccs1. The van der Waals surface area contributed by atoms with Crippen LogP contribution in [0.1, 0.15) is 10.4 Å². The molecule has 0 spiro atoms. The van der Waals surface area contributed by atoms with E-state index in [1.807, 2.05) is 0 Å². The second-order valence-corrected chi connectivity index (χ2v) is 4.14. The van der Waals surface area contributed by atoms with Crippen LogP contribution < -0.4 is 4.74 Å². The molecule has 6 heteroatoms. The van der Waals surface area contributed by atoms with E-state index in [1.165, 1.54) is 29.5 Å². The largest absolute Gasteiger partial charge is 0.478 e. The van der Waals surface area contributed by atoms with Crippen LogP contribution in [0.3, 0.4) is 0 Å². The highest BCUT2D eigenvalue weighted by Gasteiger charge is 2.13. The van der Waals surface area contributed by atoms with Crippen LogP contribution in [-0.4, -0.2) is 16.1 Å². The number of carbonyl (C=O) groups is 1. The molecule has 82 valence electrons. The minimum atomic E-state index is -1.07. The molecule has 1 heterocycles. The number of carboxylic acid groups (broad SMARTS) is 1. The molecule has 4 nitrogen and oxygen atoms in total. The maximum Gasteiger partial charge on any atom is 0.339 e. The molecule has 1 aromatic heterocycles. The van der Waals surface area contributed by atoms with Crippen molar-refractivity contribution in [3.05, 3.63) is 40.4 Å². The van der Waals surface area contributed by atoms with Gasteiger partial charge in [0.05, 0.1) is 0 Å². The Morgan fingerprint density at radius 1 is 1.50 bits per heavy atom. The highest BCUT2D eigenvalue weighted by Crippen LogP contribution is 2.29. The maximum atomic E-state index is 10.9. The third kappa shape index (κ3) is 2.32. The summed E-state index contributed by atoms with van der Waals surface area (Å²) in [4.78, 5) is 14.8. The van der Waals surface area contributed by atoms with Crippen molar-refractivity contribution in [2.75, 3.05) is 0 Å². The van der Waals surface area contributed by atoms with Crippen LogP contribution in [0.25, 0.3) is 0 Å². The number of aromatic carboxylic acids is 1. The predicted octanol–water partition coefficient (Wildman–Crippen LogP) is 3.29. The van der Waals surface area contributed by atoms with E-state index in [1.54, 1.807) is 11.6 Å². The molecule has 16 heavy (non-hydrogen) atoms. The summed E-state index contributed by atoms with van der Waals surface area (Å²) in [7, 11) is 0. The third-order valence-corrected chi connectivity index (χ3v) is 2.66. The van der Waals surface area contributed by atoms with Gasteiger partial charge in [-0.1, -0.05) is 22.9 Å². The lowest BCUT2D eigenvalue weighted by Gasteiger charge is -2.05. The van der Waals surface area contributed by atoms with Crippen molar-refractivity contribution in [1.82, 2.24) is 4.98 Å². The van der Waals surface area contributed by atoms with E-state index in [0.29, 0.717) is 10.2 Å². The standard InChI is InChI=1S/C10H6ClNO3S/c11-6-1-2-7(9(13)14)8(5-6)15-10-12-3-4-16-10/h1-5H,(H,13,14). The van der Waals surface area contributed by atoms with Crippen molar-refractivity contribution in [1.29, 1.82) is 0 Å². The summed E-state index contributed by atoms with van der Waals surface area (Å²) in [5.41, 5.74) is 0.0552. The Kier molecular flexibility index (Phi) is 3.07. The van der Waals surface area contributed by atoms with Gasteiger partial charge >= 0.3 is 5.97 Å². The Bertz CT molecular complexity index is 513. The van der Waals surface area contributed by atoms with Gasteiger partial charge in [0.2, 0.25) is 0 Å². The van der Waals surface area contributed by atoms with Crippen LogP contribution in [0.2, 0.25) is 5.02 Å². The van der Waals surface area contributed by atoms with Crippen LogP contribution in [0.5, 0.6) is 10.9 Å². The molecule has 0 fully saturated rings. The number of hydrogen-bond donors (Lipinski definition) is 1. The van der Waals surface area contributed by atoms with Crippen molar-refractivity contribution < 1.29 is 14.6 Å². The molecule has 0 unspecified atom stereocenters. The molecule has 0 saturated carbocycles. The Morgan fingerprint density at radius 3 is 2.94 bits per heavy atom. The summed E-state index contributed by atoms with van der Waals surface area (Å²) in [6, 6.07) is 4.35. The van der Waals surface area contributed by atoms with Crippen LogP contribution in [0.15, 0.2) is 29.8 Å². The normalized spacial score (nSPS) is 10.1. The van der Waals surface area contributed by atoms with Crippen molar-refractivity contribution >= 4 is 28.9 Å². The third-order valence-electron chi connectivity index (χ3n) is 1.78. The molecule has 0 aliphatic heterocycles. The smallest absolute Gasteiger partial charge is 0.339 e. The summed E-state index contributed by atoms with van der Waals surface area (Å²) in [5.74, 6) is -0.877. The molecule has 0 aliphatic rings. The molecule has 0 radical (unpaired) electrons. The monoisotopic (exact) mass is 255 g/mol. The Labute approximate surface area is 100 Å². The number of carboxylic acids is 1. The highest BCUT2D eigenvalue weighted by atomic mass is 35.5. The number of nitrogens with zero attached hydrogens (tertiary/aromatic N) is 1. The van der Waals surface area contributed by atoms with E-state index >= 15 is 0 Å². The first-order valence-electron chi connectivity index (χ1n) is 4.27. The second-order valence-electron chi connectivity index (χ2n) is 2.85. The van der Waals surface area contributed by atoms with E-state index in [-0.39, 0.29) is 11.3 Å². The Morgan fingerprint density at radius 2 is 2.31 bits per heavy atom. The maximum absolute atomic E-state index is 10.9. The summed E-state index contributed by atoms with van der Waals surface area (Å²) >= 11 is 7.05. The fourth-order valence-corrected chi connectivity index (χ4v) is 1.77. The van der Waals surface area contributed by atoms with Gasteiger partial charge in [-0.2, -0.15) is 0 Å². The topological polar surface area (TPSA) is 59.4 Å². The molecule has 0 aliphatic carbocycles. The minimum Gasteiger partial charge on any atom is -0.478 e. The van der Waals surface area contributed by atoms with Gasteiger partial charge in [-0.05, 0) is 12.1 Å². The first kappa shape index (κ1) is 10.9. The molecule has 1 N–H and O–H groups in total. The number of ether oxygens (including phenoxy) is 1. The minimum absolute atomic E-state index is 0.0552. The number of thiazole rings is 1. The number of hydrogen-bond acceptors (Lipinski definition) is 4. The van der Waals surface area contributed by atoms with Gasteiger partial charge < -0.3 is 9.84 Å². The van der Waals surface area contributed by atoms with Gasteiger partial charge in [0.25, 0.3) is 5.19 Å². The van der Waals surface area contributed by atoms with E-state index in [4.69, 9.17) is 21.4 Å². The average molecular weight is 256 g/mol. The average Bonchev–Trinajstić information content (AvgIpc) is 2.70. The van der Waals surface area contributed by atoms with Crippen LogP contribution in [0.4, 0.5) is 0 Å². The summed E-state index contributed by atoms with van der Waals surface area (Å²) < 4.78 is 5.33. The first-order valence-corrected chi connectivity index (χ1v) is 5.53. The number of rotatable bonds is 3. The second kappa shape index (κ2) is 4.51. The highest BCUT2D eigenvalue weighted by molar-refractivity contribution is 7.11. The molecular formula is C10H6ClNO3S. The van der Waals surface area contributed by atoms with Crippen LogP contribution >= 0.6 is 22.9 Å². The van der Waals surface area contributed by atoms with Gasteiger partial charge in [-0.15, -0.1) is 0 Å². The van der Waals surface area contributed by atoms with E-state index < -0.39 is 5.97 Å². The van der Waals surface area contributed by atoms with E-state index in [0.717, 1.165) is 0 Å². The fourth-order valence-electron chi connectivity index (χ4n) is 1.11. The molecule has 0 atom stereocenters. The van der Waals surface area contributed by atoms with Crippen molar-refractivity contribution in [3.63, 3.8) is 0 Å². The molecule has 0 amide bonds. The molecule has 0 bridgehead atoms. The molecule has 2 aromatic rings. The Hall–Kier alpha value is -1.59. The number of aromatic nitrogens is 1. The van der Waals surface area contributed by atoms with E-state index in [2.05, 4.69) is 4.98 Å². The summed E-state index contributed by atoms with van der Waals surface area (Å²) in [6.07, 6.45) is 1.57. The quantitative estimate of drug-likeness (QED) is 0.914. The van der Waals surface area contributed by atoms with Crippen molar-refractivity contribution in [2.24, 2.45) is 0 Å². The number of benzene rings is 1. The fraction of sp³-hybridized carbons (Fsp3) is 0. The summed E-state index contributed by atoms with van der Waals surface area (Å²) in [5, 5.41) is 11.5. The molecule has 1 aromatic carbocycles. The number of halogens is 1. The lowest BCUT2D eigenvalue weighted by atomic mass is 10.2. The van der Waals surface area contributed by atoms with Crippen molar-refractivity contribution in [2.45, 2.75) is 0 Å². The van der Waals surface area contributed by atoms with Gasteiger partial charge in [-0.25, -0.2) is 9.78 Å². The van der Waals surface area contributed by atoms with Gasteiger partial charge in [0, 0.05) is 22.7 Å². The lowest BCUT2D eigenvalue weighted by Crippen LogP contribution is -1.99. The van der Waals surface area contributed by atoms with Gasteiger partial charge in [-0.3, -0.25) is 0 Å². The predicted molar refractivity (Wildman–Crippen MR) is 60.6 cm³/mol. The van der Waals surface area contributed by atoms with E-state index in [9.17, 15) is 4.79 Å². The summed E-state index contributed by atoms with van der Waals surface area (Å²) in [6.45, 7) is 0. The zero-order valence-electron chi connectivity index (χ0n) is 7.88.